The molecule has 18 heavy (non-hydrogen) atoms. The Hall–Kier alpha value is -1.29. The summed E-state index contributed by atoms with van der Waals surface area (Å²) < 4.78 is 5.33. The van der Waals surface area contributed by atoms with E-state index in [2.05, 4.69) is 0 Å². The van der Waals surface area contributed by atoms with Crippen molar-refractivity contribution in [3.8, 4) is 0 Å². The zero-order chi connectivity index (χ0) is 13.1. The minimum atomic E-state index is 0.0888. The van der Waals surface area contributed by atoms with Crippen molar-refractivity contribution in [2.75, 3.05) is 13.1 Å². The van der Waals surface area contributed by atoms with E-state index in [1.165, 1.54) is 0 Å². The predicted molar refractivity (Wildman–Crippen MR) is 70.4 cm³/mol. The smallest absolute Gasteiger partial charge is 0.257 e. The molecule has 0 bridgehead atoms. The lowest BCUT2D eigenvalue weighted by Gasteiger charge is -2.34. The quantitative estimate of drug-likeness (QED) is 0.893. The monoisotopic (exact) mass is 250 g/mol. The topological polar surface area (TPSA) is 59.5 Å². The van der Waals surface area contributed by atoms with E-state index in [9.17, 15) is 4.79 Å². The molecule has 1 amide bonds. The first-order valence-electron chi connectivity index (χ1n) is 6.74. The Kier molecular flexibility index (Phi) is 4.07. The number of hydrogen-bond donors (Lipinski definition) is 1. The van der Waals surface area contributed by atoms with Crippen molar-refractivity contribution >= 4 is 5.91 Å². The van der Waals surface area contributed by atoms with Gasteiger partial charge in [0.25, 0.3) is 5.91 Å². The lowest BCUT2D eigenvalue weighted by atomic mass is 9.92. The zero-order valence-electron chi connectivity index (χ0n) is 11.2. The van der Waals surface area contributed by atoms with Gasteiger partial charge < -0.3 is 15.1 Å². The van der Waals surface area contributed by atoms with Crippen LogP contribution >= 0.6 is 0 Å². The number of carbonyl (C=O) groups excluding carboxylic acids is 1. The number of furan rings is 1. The molecule has 1 saturated heterocycles. The summed E-state index contributed by atoms with van der Waals surface area (Å²) in [6, 6.07) is 1.92. The summed E-state index contributed by atoms with van der Waals surface area (Å²) in [5.74, 6) is 1.29. The molecule has 0 spiro atoms. The number of piperidine rings is 1. The van der Waals surface area contributed by atoms with E-state index in [1.54, 1.807) is 12.3 Å². The average molecular weight is 250 g/mol. The molecule has 2 heterocycles. The minimum Gasteiger partial charge on any atom is -0.469 e. The Morgan fingerprint density at radius 3 is 3.11 bits per heavy atom. The second kappa shape index (κ2) is 5.57. The van der Waals surface area contributed by atoms with Gasteiger partial charge in [-0.15, -0.1) is 0 Å². The zero-order valence-corrected chi connectivity index (χ0v) is 11.2. The van der Waals surface area contributed by atoms with Crippen molar-refractivity contribution in [3.05, 3.63) is 23.7 Å². The highest BCUT2D eigenvalue weighted by molar-refractivity contribution is 5.95. The summed E-state index contributed by atoms with van der Waals surface area (Å²) >= 11 is 0. The van der Waals surface area contributed by atoms with Gasteiger partial charge in [0, 0.05) is 25.6 Å². The van der Waals surface area contributed by atoms with Gasteiger partial charge in [0.15, 0.2) is 0 Å². The predicted octanol–water partition coefficient (Wildman–Crippen LogP) is 2.04. The summed E-state index contributed by atoms with van der Waals surface area (Å²) in [7, 11) is 0. The van der Waals surface area contributed by atoms with Gasteiger partial charge in [-0.3, -0.25) is 4.79 Å². The molecule has 1 aliphatic heterocycles. The fourth-order valence-electron chi connectivity index (χ4n) is 2.60. The Labute approximate surface area is 108 Å². The lowest BCUT2D eigenvalue weighted by molar-refractivity contribution is 0.0658. The van der Waals surface area contributed by atoms with Crippen molar-refractivity contribution < 1.29 is 9.21 Å². The van der Waals surface area contributed by atoms with Crippen molar-refractivity contribution in [1.82, 2.24) is 4.90 Å². The lowest BCUT2D eigenvalue weighted by Crippen LogP contribution is -2.45. The normalized spacial score (nSPS) is 21.9. The molecule has 1 aromatic rings. The van der Waals surface area contributed by atoms with E-state index in [-0.39, 0.29) is 11.9 Å². The third kappa shape index (κ3) is 2.58. The second-order valence-corrected chi connectivity index (χ2v) is 5.12. The molecule has 4 heteroatoms. The molecule has 2 unspecified atom stereocenters. The van der Waals surface area contributed by atoms with Gasteiger partial charge in [-0.1, -0.05) is 6.92 Å². The summed E-state index contributed by atoms with van der Waals surface area (Å²) in [6.07, 6.45) is 4.50. The van der Waals surface area contributed by atoms with E-state index < -0.39 is 0 Å². The number of amides is 1. The maximum absolute atomic E-state index is 12.4. The molecule has 1 aromatic heterocycles. The van der Waals surface area contributed by atoms with Crippen LogP contribution in [0, 0.1) is 5.92 Å². The number of carbonyl (C=O) groups is 1. The standard InChI is InChI=1S/C14H22N2O2/c1-3-13-12(6-8-18-13)14(17)16-7-4-5-11(9-16)10(2)15/h6,8,10-11H,3-5,7,9,15H2,1-2H3. The first-order valence-corrected chi connectivity index (χ1v) is 6.74. The highest BCUT2D eigenvalue weighted by atomic mass is 16.3. The molecule has 2 N–H and O–H groups in total. The van der Waals surface area contributed by atoms with Crippen LogP contribution in [0.2, 0.25) is 0 Å². The Morgan fingerprint density at radius 1 is 1.67 bits per heavy atom. The number of likely N-dealkylation sites (tertiary alicyclic amines) is 1. The van der Waals surface area contributed by atoms with Gasteiger partial charge in [0.2, 0.25) is 0 Å². The molecule has 0 aliphatic carbocycles. The number of nitrogens with zero attached hydrogens (tertiary/aromatic N) is 1. The van der Waals surface area contributed by atoms with Gasteiger partial charge >= 0.3 is 0 Å². The van der Waals surface area contributed by atoms with Crippen LogP contribution in [0.4, 0.5) is 0 Å². The van der Waals surface area contributed by atoms with Crippen molar-refractivity contribution in [1.29, 1.82) is 0 Å². The van der Waals surface area contributed by atoms with Crippen molar-refractivity contribution in [3.63, 3.8) is 0 Å². The Bertz CT molecular complexity index is 412. The third-order valence-corrected chi connectivity index (χ3v) is 3.79. The van der Waals surface area contributed by atoms with Gasteiger partial charge in [-0.25, -0.2) is 0 Å². The summed E-state index contributed by atoms with van der Waals surface area (Å²) in [6.45, 7) is 5.62. The highest BCUT2D eigenvalue weighted by Crippen LogP contribution is 2.22. The molecule has 0 radical (unpaired) electrons. The molecular formula is C14H22N2O2. The van der Waals surface area contributed by atoms with E-state index in [4.69, 9.17) is 10.2 Å². The van der Waals surface area contributed by atoms with E-state index in [1.807, 2.05) is 18.7 Å². The van der Waals surface area contributed by atoms with Crippen molar-refractivity contribution in [2.24, 2.45) is 11.7 Å². The SMILES string of the molecule is CCc1occc1C(=O)N1CCCC(C(C)N)C1. The fourth-order valence-corrected chi connectivity index (χ4v) is 2.60. The number of hydrogen-bond acceptors (Lipinski definition) is 3. The Balaban J connectivity index is 2.09. The van der Waals surface area contributed by atoms with Crippen LogP contribution in [0.25, 0.3) is 0 Å². The largest absolute Gasteiger partial charge is 0.469 e. The molecule has 4 nitrogen and oxygen atoms in total. The molecule has 2 rings (SSSR count). The first-order chi connectivity index (χ1) is 8.63. The average Bonchev–Trinajstić information content (AvgIpc) is 2.86. The van der Waals surface area contributed by atoms with Crippen LogP contribution in [0.3, 0.4) is 0 Å². The molecule has 1 fully saturated rings. The second-order valence-electron chi connectivity index (χ2n) is 5.12. The van der Waals surface area contributed by atoms with Crippen LogP contribution in [-0.2, 0) is 6.42 Å². The number of nitrogens with two attached hydrogens (primary N) is 1. The molecule has 100 valence electrons. The summed E-state index contributed by atoms with van der Waals surface area (Å²) in [4.78, 5) is 14.4. The number of aryl methyl sites for hydroxylation is 1. The van der Waals surface area contributed by atoms with Crippen LogP contribution in [0.15, 0.2) is 16.7 Å². The van der Waals surface area contributed by atoms with Gasteiger partial charge in [0.05, 0.1) is 11.8 Å². The fraction of sp³-hybridized carbons (Fsp3) is 0.643. The van der Waals surface area contributed by atoms with Gasteiger partial charge in [-0.2, -0.15) is 0 Å². The molecule has 1 aliphatic rings. The maximum Gasteiger partial charge on any atom is 0.257 e. The Morgan fingerprint density at radius 2 is 2.44 bits per heavy atom. The third-order valence-electron chi connectivity index (χ3n) is 3.79. The van der Waals surface area contributed by atoms with Crippen molar-refractivity contribution in [2.45, 2.75) is 39.2 Å². The molecule has 0 aromatic carbocycles. The van der Waals surface area contributed by atoms with E-state index >= 15 is 0 Å². The van der Waals surface area contributed by atoms with Crippen LogP contribution in [-0.4, -0.2) is 29.9 Å². The van der Waals surface area contributed by atoms with Crippen LogP contribution < -0.4 is 5.73 Å². The van der Waals surface area contributed by atoms with Gasteiger partial charge in [0.1, 0.15) is 5.76 Å². The summed E-state index contributed by atoms with van der Waals surface area (Å²) in [5, 5.41) is 0. The van der Waals surface area contributed by atoms with E-state index in [0.717, 1.165) is 38.1 Å². The molecular weight excluding hydrogens is 228 g/mol. The maximum atomic E-state index is 12.4. The summed E-state index contributed by atoms with van der Waals surface area (Å²) in [5.41, 5.74) is 6.66. The van der Waals surface area contributed by atoms with Gasteiger partial charge in [-0.05, 0) is 31.7 Å². The first kappa shape index (κ1) is 13.1. The number of rotatable bonds is 3. The van der Waals surface area contributed by atoms with E-state index in [0.29, 0.717) is 11.5 Å². The molecule has 2 atom stereocenters. The minimum absolute atomic E-state index is 0.0888. The molecule has 0 saturated carbocycles. The highest BCUT2D eigenvalue weighted by Gasteiger charge is 2.28. The van der Waals surface area contributed by atoms with Crippen LogP contribution in [0.5, 0.6) is 0 Å². The van der Waals surface area contributed by atoms with Crippen LogP contribution in [0.1, 0.15) is 42.8 Å².